The van der Waals surface area contributed by atoms with Crippen molar-refractivity contribution in [1.29, 1.82) is 0 Å². The van der Waals surface area contributed by atoms with Gasteiger partial charge in [-0.25, -0.2) is 4.68 Å². The van der Waals surface area contributed by atoms with Gasteiger partial charge in [-0.3, -0.25) is 9.47 Å². The molecule has 142 valence electrons. The van der Waals surface area contributed by atoms with E-state index in [0.717, 1.165) is 29.6 Å². The lowest BCUT2D eigenvalue weighted by atomic mass is 10.2. The zero-order valence-electron chi connectivity index (χ0n) is 15.9. The quantitative estimate of drug-likeness (QED) is 0.525. The van der Waals surface area contributed by atoms with Gasteiger partial charge in [-0.15, -0.1) is 5.10 Å². The average molecular weight is 383 g/mol. The summed E-state index contributed by atoms with van der Waals surface area (Å²) in [5.74, 6) is 2.16. The molecule has 0 N–H and O–H groups in total. The number of aromatic nitrogens is 3. The van der Waals surface area contributed by atoms with Crippen LogP contribution in [0.15, 0.2) is 53.1 Å². The van der Waals surface area contributed by atoms with Gasteiger partial charge in [0, 0.05) is 12.6 Å². The molecule has 2 aromatic heterocycles. The van der Waals surface area contributed by atoms with Crippen molar-refractivity contribution in [3.05, 3.63) is 59.1 Å². The van der Waals surface area contributed by atoms with Crippen molar-refractivity contribution in [3.63, 3.8) is 0 Å². The highest BCUT2D eigenvalue weighted by atomic mass is 32.1. The highest BCUT2D eigenvalue weighted by Crippen LogP contribution is 2.28. The van der Waals surface area contributed by atoms with Gasteiger partial charge in [-0.05, 0) is 48.7 Å². The highest BCUT2D eigenvalue weighted by Gasteiger charge is 2.30. The molecule has 1 fully saturated rings. The number of nitrogens with zero attached hydrogens (tertiary/aromatic N) is 4. The molecule has 1 aliphatic rings. The van der Waals surface area contributed by atoms with Crippen molar-refractivity contribution in [3.8, 4) is 11.6 Å². The monoisotopic (exact) mass is 382 g/mol. The Bertz CT molecular complexity index is 923. The second-order valence-corrected chi connectivity index (χ2v) is 8.06. The maximum Gasteiger partial charge on any atom is 0.199 e. The highest BCUT2D eigenvalue weighted by molar-refractivity contribution is 7.71. The second kappa shape index (κ2) is 7.82. The lowest BCUT2D eigenvalue weighted by Gasteiger charge is -2.23. The second-order valence-electron chi connectivity index (χ2n) is 7.69. The standard InChI is InChI=1S/C21H26N4OS/c1-16(2)13-23(18-10-11-18)15-25-21(27)24(14-17-7-4-3-5-8-17)20(22-25)19-9-6-12-26-19/h3-9,12,16,18H,10-11,13-15H2,1-2H3. The molecule has 0 bridgehead atoms. The zero-order valence-corrected chi connectivity index (χ0v) is 16.7. The summed E-state index contributed by atoms with van der Waals surface area (Å²) in [4.78, 5) is 2.51. The van der Waals surface area contributed by atoms with E-state index in [4.69, 9.17) is 21.7 Å². The van der Waals surface area contributed by atoms with Gasteiger partial charge in [0.1, 0.15) is 0 Å². The Hall–Kier alpha value is -2.18. The maximum atomic E-state index is 5.82. The molecule has 0 atom stereocenters. The minimum atomic E-state index is 0.621. The summed E-state index contributed by atoms with van der Waals surface area (Å²) in [6.07, 6.45) is 4.23. The molecule has 0 spiro atoms. The van der Waals surface area contributed by atoms with Gasteiger partial charge >= 0.3 is 0 Å². The van der Waals surface area contributed by atoms with E-state index in [-0.39, 0.29) is 0 Å². The summed E-state index contributed by atoms with van der Waals surface area (Å²) in [5.41, 5.74) is 1.20. The van der Waals surface area contributed by atoms with E-state index in [1.165, 1.54) is 18.4 Å². The van der Waals surface area contributed by atoms with Crippen LogP contribution in [0.5, 0.6) is 0 Å². The van der Waals surface area contributed by atoms with Crippen LogP contribution in [-0.4, -0.2) is 31.8 Å². The fourth-order valence-corrected chi connectivity index (χ4v) is 3.68. The Morgan fingerprint density at radius 3 is 2.59 bits per heavy atom. The van der Waals surface area contributed by atoms with Gasteiger partial charge in [0.2, 0.25) is 0 Å². The molecule has 0 amide bonds. The van der Waals surface area contributed by atoms with E-state index < -0.39 is 0 Å². The van der Waals surface area contributed by atoms with Gasteiger partial charge in [0.05, 0.1) is 19.5 Å². The molecular weight excluding hydrogens is 356 g/mol. The van der Waals surface area contributed by atoms with Crippen molar-refractivity contribution in [2.45, 2.75) is 45.9 Å². The first-order valence-electron chi connectivity index (χ1n) is 9.61. The minimum Gasteiger partial charge on any atom is -0.461 e. The first-order chi connectivity index (χ1) is 13.1. The predicted molar refractivity (Wildman–Crippen MR) is 109 cm³/mol. The third-order valence-electron chi connectivity index (χ3n) is 4.83. The Balaban J connectivity index is 1.68. The number of hydrogen-bond donors (Lipinski definition) is 0. The molecule has 0 aliphatic heterocycles. The molecule has 1 aromatic carbocycles. The zero-order chi connectivity index (χ0) is 18.8. The van der Waals surface area contributed by atoms with Crippen LogP contribution >= 0.6 is 12.2 Å². The van der Waals surface area contributed by atoms with Crippen molar-refractivity contribution >= 4 is 12.2 Å². The normalized spacial score (nSPS) is 14.4. The average Bonchev–Trinajstić information content (AvgIpc) is 3.28. The van der Waals surface area contributed by atoms with Gasteiger partial charge in [0.25, 0.3) is 0 Å². The molecule has 0 radical (unpaired) electrons. The summed E-state index contributed by atoms with van der Waals surface area (Å²) in [6.45, 7) is 7.00. The van der Waals surface area contributed by atoms with Crippen LogP contribution in [0.25, 0.3) is 11.6 Å². The molecule has 27 heavy (non-hydrogen) atoms. The molecule has 4 rings (SSSR count). The molecule has 0 saturated heterocycles. The third-order valence-corrected chi connectivity index (χ3v) is 5.26. The molecule has 3 aromatic rings. The van der Waals surface area contributed by atoms with E-state index >= 15 is 0 Å². The summed E-state index contributed by atoms with van der Waals surface area (Å²) >= 11 is 5.82. The van der Waals surface area contributed by atoms with E-state index in [2.05, 4.69) is 35.4 Å². The molecule has 0 unspecified atom stereocenters. The molecule has 1 saturated carbocycles. The minimum absolute atomic E-state index is 0.621. The van der Waals surface area contributed by atoms with Crippen LogP contribution in [0, 0.1) is 10.7 Å². The number of hydrogen-bond acceptors (Lipinski definition) is 4. The molecule has 1 aliphatic carbocycles. The Kier molecular flexibility index (Phi) is 5.27. The Morgan fingerprint density at radius 1 is 1.19 bits per heavy atom. The Labute approximate surface area is 165 Å². The fourth-order valence-electron chi connectivity index (χ4n) is 3.43. The maximum absolute atomic E-state index is 5.82. The first kappa shape index (κ1) is 18.2. The van der Waals surface area contributed by atoms with Crippen LogP contribution in [0.3, 0.4) is 0 Å². The summed E-state index contributed by atoms with van der Waals surface area (Å²) in [7, 11) is 0. The number of benzene rings is 1. The third kappa shape index (κ3) is 4.22. The van der Waals surface area contributed by atoms with E-state index in [1.54, 1.807) is 6.26 Å². The molecular formula is C21H26N4OS. The smallest absolute Gasteiger partial charge is 0.199 e. The lowest BCUT2D eigenvalue weighted by Crippen LogP contribution is -2.32. The first-order valence-corrected chi connectivity index (χ1v) is 10.0. The van der Waals surface area contributed by atoms with Crippen molar-refractivity contribution in [2.75, 3.05) is 6.54 Å². The van der Waals surface area contributed by atoms with Gasteiger partial charge < -0.3 is 4.42 Å². The van der Waals surface area contributed by atoms with Gasteiger partial charge in [-0.2, -0.15) is 0 Å². The summed E-state index contributed by atoms with van der Waals surface area (Å²) < 4.78 is 10.4. The van der Waals surface area contributed by atoms with Crippen molar-refractivity contribution < 1.29 is 4.42 Å². The number of furan rings is 1. The molecule has 2 heterocycles. The van der Waals surface area contributed by atoms with Crippen LogP contribution in [0.4, 0.5) is 0 Å². The van der Waals surface area contributed by atoms with E-state index in [1.807, 2.05) is 35.0 Å². The van der Waals surface area contributed by atoms with Crippen molar-refractivity contribution in [1.82, 2.24) is 19.2 Å². The molecule has 6 heteroatoms. The predicted octanol–water partition coefficient (Wildman–Crippen LogP) is 4.80. The largest absolute Gasteiger partial charge is 0.461 e. The van der Waals surface area contributed by atoms with Crippen LogP contribution < -0.4 is 0 Å². The van der Waals surface area contributed by atoms with Crippen LogP contribution in [0.1, 0.15) is 32.3 Å². The number of rotatable bonds is 8. The summed E-state index contributed by atoms with van der Waals surface area (Å²) in [6, 6.07) is 14.8. The Morgan fingerprint density at radius 2 is 1.96 bits per heavy atom. The van der Waals surface area contributed by atoms with Crippen LogP contribution in [-0.2, 0) is 13.2 Å². The van der Waals surface area contributed by atoms with Crippen molar-refractivity contribution in [2.24, 2.45) is 5.92 Å². The topological polar surface area (TPSA) is 39.1 Å². The SMILES string of the molecule is CC(C)CN(Cn1nc(-c2ccco2)n(Cc2ccccc2)c1=S)C1CC1. The van der Waals surface area contributed by atoms with E-state index in [0.29, 0.717) is 18.5 Å². The lowest BCUT2D eigenvalue weighted by molar-refractivity contribution is 0.174. The van der Waals surface area contributed by atoms with E-state index in [9.17, 15) is 0 Å². The van der Waals surface area contributed by atoms with Crippen LogP contribution in [0.2, 0.25) is 0 Å². The molecule has 5 nitrogen and oxygen atoms in total. The van der Waals surface area contributed by atoms with Gasteiger partial charge in [0.15, 0.2) is 16.4 Å². The van der Waals surface area contributed by atoms with Gasteiger partial charge in [-0.1, -0.05) is 44.2 Å². The fraction of sp³-hybridized carbons (Fsp3) is 0.429. The summed E-state index contributed by atoms with van der Waals surface area (Å²) in [5, 5.41) is 4.85.